The first-order chi connectivity index (χ1) is 9.80. The number of hydrogen-bond acceptors (Lipinski definition) is 2. The molecule has 0 spiro atoms. The van der Waals surface area contributed by atoms with Crippen LogP contribution in [0.5, 0.6) is 0 Å². The Morgan fingerprint density at radius 2 is 1.67 bits per heavy atom. The molecule has 4 N–H and O–H groups in total. The topological polar surface area (TPSA) is 62.4 Å². The number of hydrazine groups is 1. The number of anilines is 1. The summed E-state index contributed by atoms with van der Waals surface area (Å²) in [6.45, 7) is 9.32. The van der Waals surface area contributed by atoms with E-state index in [9.17, 15) is 0 Å². The fraction of sp³-hybridized carbons (Fsp3) is 0.588. The molecule has 2 rings (SSSR count). The van der Waals surface area contributed by atoms with Crippen molar-refractivity contribution in [2.24, 2.45) is 21.7 Å². The largest absolute Gasteiger partial charge is 0.325 e. The summed E-state index contributed by atoms with van der Waals surface area (Å²) < 4.78 is 0. The standard InChI is InChI=1S/C17H28N4/c1-16(2)10-14(11-17(3,4)12-16)20-15(21-18)19-13-8-6-5-7-9-13/h5-9,14H,10-12,18H2,1-4H3,(H2,19,20,21). The SMILES string of the molecule is CC1(C)CC(N=C(NN)Nc2ccccc2)CC(C)(C)C1. The third-order valence-electron chi connectivity index (χ3n) is 4.02. The van der Waals surface area contributed by atoms with Crippen molar-refractivity contribution >= 4 is 11.6 Å². The zero-order valence-corrected chi connectivity index (χ0v) is 13.6. The number of aliphatic imine (C=N–C) groups is 1. The van der Waals surface area contributed by atoms with Gasteiger partial charge in [-0.3, -0.25) is 5.43 Å². The number of hydrogen-bond donors (Lipinski definition) is 3. The van der Waals surface area contributed by atoms with Crippen molar-refractivity contribution in [1.82, 2.24) is 5.43 Å². The highest BCUT2D eigenvalue weighted by Gasteiger charge is 2.38. The van der Waals surface area contributed by atoms with Crippen molar-refractivity contribution in [3.05, 3.63) is 30.3 Å². The van der Waals surface area contributed by atoms with Crippen LogP contribution in [-0.2, 0) is 0 Å². The highest BCUT2D eigenvalue weighted by Crippen LogP contribution is 2.46. The van der Waals surface area contributed by atoms with E-state index in [1.165, 1.54) is 6.42 Å². The minimum atomic E-state index is 0.297. The second-order valence-electron chi connectivity index (χ2n) is 7.68. The summed E-state index contributed by atoms with van der Waals surface area (Å²) in [5.41, 5.74) is 4.32. The van der Waals surface area contributed by atoms with E-state index in [4.69, 9.17) is 10.8 Å². The molecule has 4 heteroatoms. The van der Waals surface area contributed by atoms with Crippen molar-refractivity contribution in [1.29, 1.82) is 0 Å². The highest BCUT2D eigenvalue weighted by atomic mass is 15.3. The Labute approximate surface area is 128 Å². The van der Waals surface area contributed by atoms with Crippen molar-refractivity contribution in [2.75, 3.05) is 5.32 Å². The molecule has 116 valence electrons. The smallest absolute Gasteiger partial charge is 0.210 e. The molecular formula is C17H28N4. The van der Waals surface area contributed by atoms with Crippen LogP contribution in [0.15, 0.2) is 35.3 Å². The summed E-state index contributed by atoms with van der Waals surface area (Å²) in [4.78, 5) is 4.81. The van der Waals surface area contributed by atoms with Gasteiger partial charge in [0.1, 0.15) is 0 Å². The number of nitrogens with zero attached hydrogens (tertiary/aromatic N) is 1. The quantitative estimate of drug-likeness (QED) is 0.338. The lowest BCUT2D eigenvalue weighted by Crippen LogP contribution is -2.40. The van der Waals surface area contributed by atoms with Gasteiger partial charge in [-0.05, 0) is 42.2 Å². The van der Waals surface area contributed by atoms with E-state index in [0.29, 0.717) is 22.8 Å². The Balaban J connectivity index is 2.12. The number of nitrogens with two attached hydrogens (primary N) is 1. The van der Waals surface area contributed by atoms with Gasteiger partial charge < -0.3 is 5.32 Å². The molecule has 1 aromatic rings. The maximum Gasteiger partial charge on any atom is 0.210 e. The predicted molar refractivity (Wildman–Crippen MR) is 90.0 cm³/mol. The molecule has 0 aliphatic heterocycles. The minimum absolute atomic E-state index is 0.297. The molecule has 1 aromatic carbocycles. The van der Waals surface area contributed by atoms with Gasteiger partial charge in [-0.15, -0.1) is 0 Å². The summed E-state index contributed by atoms with van der Waals surface area (Å²) in [7, 11) is 0. The first kappa shape index (κ1) is 15.8. The Hall–Kier alpha value is -1.55. The van der Waals surface area contributed by atoms with Gasteiger partial charge in [0.25, 0.3) is 0 Å². The summed E-state index contributed by atoms with van der Waals surface area (Å²) in [6, 6.07) is 10.3. The lowest BCUT2D eigenvalue weighted by molar-refractivity contribution is 0.0996. The average molecular weight is 288 g/mol. The second kappa shape index (κ2) is 6.06. The van der Waals surface area contributed by atoms with Crippen LogP contribution < -0.4 is 16.6 Å². The lowest BCUT2D eigenvalue weighted by atomic mass is 9.64. The van der Waals surface area contributed by atoms with Gasteiger partial charge in [-0.25, -0.2) is 10.8 Å². The van der Waals surface area contributed by atoms with Crippen LogP contribution in [0.4, 0.5) is 5.69 Å². The summed E-state index contributed by atoms with van der Waals surface area (Å²) >= 11 is 0. The number of nitrogens with one attached hydrogen (secondary N) is 2. The van der Waals surface area contributed by atoms with E-state index in [2.05, 4.69) is 38.4 Å². The van der Waals surface area contributed by atoms with Crippen LogP contribution >= 0.6 is 0 Å². The summed E-state index contributed by atoms with van der Waals surface area (Å²) in [6.07, 6.45) is 3.43. The fourth-order valence-electron chi connectivity index (χ4n) is 3.83. The van der Waals surface area contributed by atoms with Crippen LogP contribution in [0.25, 0.3) is 0 Å². The average Bonchev–Trinajstić information content (AvgIpc) is 2.35. The van der Waals surface area contributed by atoms with Crippen molar-refractivity contribution in [3.63, 3.8) is 0 Å². The molecule has 0 atom stereocenters. The highest BCUT2D eigenvalue weighted by molar-refractivity contribution is 5.93. The minimum Gasteiger partial charge on any atom is -0.325 e. The number of para-hydroxylation sites is 1. The lowest BCUT2D eigenvalue weighted by Gasteiger charge is -2.43. The third kappa shape index (κ3) is 4.74. The van der Waals surface area contributed by atoms with Crippen molar-refractivity contribution < 1.29 is 0 Å². The Morgan fingerprint density at radius 3 is 2.19 bits per heavy atom. The molecule has 1 saturated carbocycles. The first-order valence-electron chi connectivity index (χ1n) is 7.66. The van der Waals surface area contributed by atoms with Crippen LogP contribution in [0.2, 0.25) is 0 Å². The first-order valence-corrected chi connectivity index (χ1v) is 7.66. The molecule has 1 aliphatic carbocycles. The molecule has 0 saturated heterocycles. The van der Waals surface area contributed by atoms with Gasteiger partial charge in [0.05, 0.1) is 6.04 Å². The molecule has 21 heavy (non-hydrogen) atoms. The zero-order valence-electron chi connectivity index (χ0n) is 13.6. The van der Waals surface area contributed by atoms with Gasteiger partial charge in [0.15, 0.2) is 0 Å². The third-order valence-corrected chi connectivity index (χ3v) is 4.02. The molecule has 0 aromatic heterocycles. The van der Waals surface area contributed by atoms with Crippen LogP contribution in [0.3, 0.4) is 0 Å². The van der Waals surface area contributed by atoms with Gasteiger partial charge in [0, 0.05) is 5.69 Å². The second-order valence-corrected chi connectivity index (χ2v) is 7.68. The van der Waals surface area contributed by atoms with E-state index < -0.39 is 0 Å². The molecule has 0 heterocycles. The molecule has 0 amide bonds. The molecule has 1 aliphatic rings. The molecule has 0 bridgehead atoms. The van der Waals surface area contributed by atoms with Gasteiger partial charge in [-0.1, -0.05) is 45.9 Å². The normalized spacial score (nSPS) is 21.9. The maximum atomic E-state index is 5.63. The number of guanidine groups is 1. The van der Waals surface area contributed by atoms with Crippen LogP contribution in [0.1, 0.15) is 47.0 Å². The van der Waals surface area contributed by atoms with E-state index in [0.717, 1.165) is 18.5 Å². The fourth-order valence-corrected chi connectivity index (χ4v) is 3.83. The number of rotatable bonds is 2. The van der Waals surface area contributed by atoms with Gasteiger partial charge in [0.2, 0.25) is 5.96 Å². The van der Waals surface area contributed by atoms with Gasteiger partial charge in [-0.2, -0.15) is 0 Å². The zero-order chi connectivity index (χ0) is 15.5. The van der Waals surface area contributed by atoms with Crippen molar-refractivity contribution in [3.8, 4) is 0 Å². The molecule has 4 nitrogen and oxygen atoms in total. The Morgan fingerprint density at radius 1 is 1.10 bits per heavy atom. The van der Waals surface area contributed by atoms with E-state index in [1.807, 2.05) is 30.3 Å². The van der Waals surface area contributed by atoms with Crippen molar-refractivity contribution in [2.45, 2.75) is 53.0 Å². The Bertz CT molecular complexity index is 475. The monoisotopic (exact) mass is 288 g/mol. The Kier molecular flexibility index (Phi) is 4.57. The van der Waals surface area contributed by atoms with E-state index in [1.54, 1.807) is 0 Å². The maximum absolute atomic E-state index is 5.63. The molecule has 0 unspecified atom stereocenters. The summed E-state index contributed by atoms with van der Waals surface area (Å²) in [5, 5.41) is 3.24. The molecule has 0 radical (unpaired) electrons. The molecule has 1 fully saturated rings. The number of benzene rings is 1. The van der Waals surface area contributed by atoms with Gasteiger partial charge >= 0.3 is 0 Å². The van der Waals surface area contributed by atoms with E-state index in [-0.39, 0.29) is 0 Å². The predicted octanol–water partition coefficient (Wildman–Crippen LogP) is 3.52. The van der Waals surface area contributed by atoms with Crippen LogP contribution in [0, 0.1) is 10.8 Å². The molecular weight excluding hydrogens is 260 g/mol. The van der Waals surface area contributed by atoms with E-state index >= 15 is 0 Å². The summed E-state index contributed by atoms with van der Waals surface area (Å²) in [5.74, 6) is 6.27. The van der Waals surface area contributed by atoms with Crippen LogP contribution in [-0.4, -0.2) is 12.0 Å².